The normalized spacial score (nSPS) is 10.9. The van der Waals surface area contributed by atoms with E-state index in [4.69, 9.17) is 0 Å². The zero-order chi connectivity index (χ0) is 16.1. The van der Waals surface area contributed by atoms with E-state index in [2.05, 4.69) is 5.32 Å². The molecule has 0 aliphatic heterocycles. The summed E-state index contributed by atoms with van der Waals surface area (Å²) in [5, 5.41) is 12.1. The lowest BCUT2D eigenvalue weighted by Crippen LogP contribution is -2.15. The molecule has 0 bridgehead atoms. The van der Waals surface area contributed by atoms with Crippen LogP contribution in [0.2, 0.25) is 0 Å². The van der Waals surface area contributed by atoms with Crippen molar-refractivity contribution in [1.29, 1.82) is 5.26 Å². The third kappa shape index (κ3) is 3.62. The van der Waals surface area contributed by atoms with Crippen molar-refractivity contribution >= 4 is 17.7 Å². The zero-order valence-electron chi connectivity index (χ0n) is 13.0. The molecule has 0 spiro atoms. The van der Waals surface area contributed by atoms with Gasteiger partial charge >= 0.3 is 0 Å². The number of benzene rings is 2. The molecule has 0 saturated carbocycles. The van der Waals surface area contributed by atoms with Crippen LogP contribution < -0.4 is 5.32 Å². The highest BCUT2D eigenvalue weighted by molar-refractivity contribution is 6.10. The minimum Gasteiger partial charge on any atom is -0.321 e. The maximum atomic E-state index is 12.3. The molecule has 0 aliphatic carbocycles. The van der Waals surface area contributed by atoms with E-state index in [0.717, 1.165) is 27.9 Å². The number of hydrogen-bond acceptors (Lipinski definition) is 2. The van der Waals surface area contributed by atoms with Crippen LogP contribution in [-0.2, 0) is 4.79 Å². The molecule has 0 atom stereocenters. The second kappa shape index (κ2) is 6.73. The van der Waals surface area contributed by atoms with Gasteiger partial charge in [-0.2, -0.15) is 5.26 Å². The largest absolute Gasteiger partial charge is 0.321 e. The van der Waals surface area contributed by atoms with Gasteiger partial charge in [0.15, 0.2) is 0 Å². The highest BCUT2D eigenvalue weighted by Crippen LogP contribution is 2.22. The molecule has 2 aromatic rings. The Morgan fingerprint density at radius 2 is 1.68 bits per heavy atom. The van der Waals surface area contributed by atoms with Crippen molar-refractivity contribution in [3.05, 3.63) is 70.3 Å². The monoisotopic (exact) mass is 290 g/mol. The first kappa shape index (κ1) is 15.5. The molecule has 1 N–H and O–H groups in total. The van der Waals surface area contributed by atoms with Gasteiger partial charge in [0.25, 0.3) is 5.91 Å². The molecule has 2 rings (SSSR count). The van der Waals surface area contributed by atoms with Crippen LogP contribution in [0.25, 0.3) is 6.08 Å². The molecule has 0 radical (unpaired) electrons. The molecule has 0 aromatic heterocycles. The van der Waals surface area contributed by atoms with Crippen LogP contribution in [0.3, 0.4) is 0 Å². The Morgan fingerprint density at radius 3 is 2.23 bits per heavy atom. The third-order valence-electron chi connectivity index (χ3n) is 3.39. The van der Waals surface area contributed by atoms with Crippen LogP contribution in [0.15, 0.2) is 48.0 Å². The Bertz CT molecular complexity index is 745. The number of rotatable bonds is 3. The van der Waals surface area contributed by atoms with Crippen LogP contribution in [0.4, 0.5) is 5.69 Å². The Hall–Kier alpha value is -2.86. The van der Waals surface area contributed by atoms with Gasteiger partial charge in [-0.3, -0.25) is 4.79 Å². The summed E-state index contributed by atoms with van der Waals surface area (Å²) in [5.74, 6) is -0.388. The number of nitriles is 1. The average Bonchev–Trinajstić information content (AvgIpc) is 2.49. The summed E-state index contributed by atoms with van der Waals surface area (Å²) in [6.45, 7) is 5.91. The molecule has 1 amide bonds. The van der Waals surface area contributed by atoms with E-state index in [-0.39, 0.29) is 11.5 Å². The topological polar surface area (TPSA) is 52.9 Å². The van der Waals surface area contributed by atoms with Gasteiger partial charge in [0.1, 0.15) is 11.6 Å². The quantitative estimate of drug-likeness (QED) is 0.681. The second-order valence-electron chi connectivity index (χ2n) is 5.31. The molecule has 0 aliphatic rings. The summed E-state index contributed by atoms with van der Waals surface area (Å²) in [7, 11) is 0. The van der Waals surface area contributed by atoms with Crippen molar-refractivity contribution in [2.75, 3.05) is 5.32 Å². The van der Waals surface area contributed by atoms with Crippen molar-refractivity contribution in [2.24, 2.45) is 0 Å². The van der Waals surface area contributed by atoms with E-state index in [9.17, 15) is 10.1 Å². The van der Waals surface area contributed by atoms with Crippen LogP contribution in [0.1, 0.15) is 22.3 Å². The van der Waals surface area contributed by atoms with Crippen molar-refractivity contribution in [1.82, 2.24) is 0 Å². The first-order valence-electron chi connectivity index (χ1n) is 7.07. The number of hydrogen-bond donors (Lipinski definition) is 1. The van der Waals surface area contributed by atoms with Crippen LogP contribution in [0.5, 0.6) is 0 Å². The minimum atomic E-state index is -0.388. The standard InChI is InChI=1S/C19H18N2O/c1-13-9-14(2)18(15(3)10-13)21-19(22)17(12-20)11-16-7-5-4-6-8-16/h4-11H,1-3H3,(H,21,22). The average molecular weight is 290 g/mol. The zero-order valence-corrected chi connectivity index (χ0v) is 13.0. The van der Waals surface area contributed by atoms with E-state index in [1.807, 2.05) is 69.3 Å². The summed E-state index contributed by atoms with van der Waals surface area (Å²) in [4.78, 5) is 12.3. The molecule has 2 aromatic carbocycles. The Labute approximate surface area is 130 Å². The molecular formula is C19H18N2O. The Kier molecular flexibility index (Phi) is 4.75. The molecule has 22 heavy (non-hydrogen) atoms. The van der Waals surface area contributed by atoms with Crippen molar-refractivity contribution < 1.29 is 4.79 Å². The fourth-order valence-corrected chi connectivity index (χ4v) is 2.42. The Morgan fingerprint density at radius 1 is 1.09 bits per heavy atom. The second-order valence-corrected chi connectivity index (χ2v) is 5.31. The SMILES string of the molecule is Cc1cc(C)c(NC(=O)C(C#N)=Cc2ccccc2)c(C)c1. The summed E-state index contributed by atoms with van der Waals surface area (Å²) in [5.41, 5.74) is 4.81. The molecular weight excluding hydrogens is 272 g/mol. The van der Waals surface area contributed by atoms with Crippen LogP contribution in [0, 0.1) is 32.1 Å². The lowest BCUT2D eigenvalue weighted by molar-refractivity contribution is -0.112. The van der Waals surface area contributed by atoms with Gasteiger partial charge in [-0.15, -0.1) is 0 Å². The van der Waals surface area contributed by atoms with Crippen molar-refractivity contribution in [3.63, 3.8) is 0 Å². The smallest absolute Gasteiger partial charge is 0.266 e. The van der Waals surface area contributed by atoms with Gasteiger partial charge in [0.05, 0.1) is 0 Å². The molecule has 3 heteroatoms. The van der Waals surface area contributed by atoms with Gasteiger partial charge in [-0.05, 0) is 43.5 Å². The van der Waals surface area contributed by atoms with Gasteiger partial charge < -0.3 is 5.32 Å². The minimum absolute atomic E-state index is 0.0885. The highest BCUT2D eigenvalue weighted by atomic mass is 16.1. The molecule has 0 heterocycles. The third-order valence-corrected chi connectivity index (χ3v) is 3.39. The Balaban J connectivity index is 2.28. The predicted octanol–water partition coefficient (Wildman–Crippen LogP) is 4.16. The lowest BCUT2D eigenvalue weighted by Gasteiger charge is -2.12. The summed E-state index contributed by atoms with van der Waals surface area (Å²) < 4.78 is 0. The van der Waals surface area contributed by atoms with E-state index in [1.54, 1.807) is 6.08 Å². The molecule has 0 fully saturated rings. The summed E-state index contributed by atoms with van der Waals surface area (Å²) >= 11 is 0. The maximum absolute atomic E-state index is 12.3. The van der Waals surface area contributed by atoms with E-state index < -0.39 is 0 Å². The maximum Gasteiger partial charge on any atom is 0.266 e. The van der Waals surface area contributed by atoms with Gasteiger partial charge in [-0.25, -0.2) is 0 Å². The fourth-order valence-electron chi connectivity index (χ4n) is 2.42. The number of amides is 1. The molecule has 0 unspecified atom stereocenters. The number of aryl methyl sites for hydroxylation is 3. The number of carbonyl (C=O) groups excluding carboxylic acids is 1. The van der Waals surface area contributed by atoms with Crippen LogP contribution >= 0.6 is 0 Å². The molecule has 0 saturated heterocycles. The van der Waals surface area contributed by atoms with E-state index in [1.165, 1.54) is 0 Å². The molecule has 110 valence electrons. The highest BCUT2D eigenvalue weighted by Gasteiger charge is 2.12. The van der Waals surface area contributed by atoms with Crippen LogP contribution in [-0.4, -0.2) is 5.91 Å². The van der Waals surface area contributed by atoms with Gasteiger partial charge in [-0.1, -0.05) is 48.0 Å². The van der Waals surface area contributed by atoms with E-state index in [0.29, 0.717) is 0 Å². The first-order valence-corrected chi connectivity index (χ1v) is 7.07. The molecule has 3 nitrogen and oxygen atoms in total. The lowest BCUT2D eigenvalue weighted by atomic mass is 10.0. The van der Waals surface area contributed by atoms with Crippen molar-refractivity contribution in [2.45, 2.75) is 20.8 Å². The van der Waals surface area contributed by atoms with Crippen molar-refractivity contribution in [3.8, 4) is 6.07 Å². The predicted molar refractivity (Wildman–Crippen MR) is 89.3 cm³/mol. The van der Waals surface area contributed by atoms with E-state index >= 15 is 0 Å². The summed E-state index contributed by atoms with van der Waals surface area (Å²) in [6.07, 6.45) is 1.59. The number of nitrogens with one attached hydrogen (secondary N) is 1. The fraction of sp³-hybridized carbons (Fsp3) is 0.158. The van der Waals surface area contributed by atoms with Gasteiger partial charge in [0, 0.05) is 5.69 Å². The number of anilines is 1. The summed E-state index contributed by atoms with van der Waals surface area (Å²) in [6, 6.07) is 15.3. The van der Waals surface area contributed by atoms with Gasteiger partial charge in [0.2, 0.25) is 0 Å². The number of carbonyl (C=O) groups is 1. The number of nitrogens with zero attached hydrogens (tertiary/aromatic N) is 1. The first-order chi connectivity index (χ1) is 10.5.